The van der Waals surface area contributed by atoms with Gasteiger partial charge in [-0.2, -0.15) is 0 Å². The number of halogens is 2. The third-order valence-electron chi connectivity index (χ3n) is 9.91. The predicted octanol–water partition coefficient (Wildman–Crippen LogP) is 4.99. The van der Waals surface area contributed by atoms with Crippen molar-refractivity contribution in [3.05, 3.63) is 69.2 Å². The van der Waals surface area contributed by atoms with Crippen LogP contribution in [0.15, 0.2) is 42.5 Å². The summed E-state index contributed by atoms with van der Waals surface area (Å²) in [6.07, 6.45) is 6.74. The van der Waals surface area contributed by atoms with Crippen LogP contribution >= 0.6 is 23.2 Å². The summed E-state index contributed by atoms with van der Waals surface area (Å²) in [7, 11) is 0. The minimum atomic E-state index is -1.07. The molecule has 47 heavy (non-hydrogen) atoms. The summed E-state index contributed by atoms with van der Waals surface area (Å²) in [5.41, 5.74) is 2.66. The lowest BCUT2D eigenvalue weighted by atomic mass is 9.77. The van der Waals surface area contributed by atoms with Gasteiger partial charge in [-0.1, -0.05) is 60.3 Å². The van der Waals surface area contributed by atoms with Crippen LogP contribution in [-0.4, -0.2) is 76.2 Å². The van der Waals surface area contributed by atoms with Crippen molar-refractivity contribution in [1.82, 2.24) is 20.4 Å². The molecule has 3 N–H and O–H groups in total. The van der Waals surface area contributed by atoms with Crippen LogP contribution in [0, 0.1) is 5.41 Å². The average molecular weight is 686 g/mol. The van der Waals surface area contributed by atoms with Gasteiger partial charge in [0.2, 0.25) is 17.7 Å². The Kier molecular flexibility index (Phi) is 11.5. The van der Waals surface area contributed by atoms with Crippen LogP contribution in [0.5, 0.6) is 0 Å². The zero-order chi connectivity index (χ0) is 33.6. The molecule has 1 unspecified atom stereocenters. The van der Waals surface area contributed by atoms with Crippen molar-refractivity contribution in [2.24, 2.45) is 5.41 Å². The number of hydrogen-bond donors (Lipinski definition) is 3. The number of carbonyl (C=O) groups is 5. The number of rotatable bonds is 11. The summed E-state index contributed by atoms with van der Waals surface area (Å²) >= 11 is 12.2. The van der Waals surface area contributed by atoms with Gasteiger partial charge in [-0.05, 0) is 79.7 Å². The number of likely N-dealkylation sites (tertiary alicyclic amines) is 1. The van der Waals surface area contributed by atoms with Crippen LogP contribution in [0.3, 0.4) is 0 Å². The van der Waals surface area contributed by atoms with Gasteiger partial charge in [-0.3, -0.25) is 24.0 Å². The van der Waals surface area contributed by atoms with Gasteiger partial charge in [0.05, 0.1) is 0 Å². The molecule has 0 radical (unpaired) electrons. The van der Waals surface area contributed by atoms with E-state index in [-0.39, 0.29) is 53.1 Å². The van der Waals surface area contributed by atoms with Gasteiger partial charge in [-0.15, -0.1) is 0 Å². The topological polar surface area (TPSA) is 136 Å². The van der Waals surface area contributed by atoms with Gasteiger partial charge in [-0.25, -0.2) is 0 Å². The first kappa shape index (κ1) is 34.7. The van der Waals surface area contributed by atoms with Crippen LogP contribution in [0.4, 0.5) is 0 Å². The molecule has 3 aliphatic rings. The van der Waals surface area contributed by atoms with E-state index in [9.17, 15) is 29.1 Å². The molecule has 2 fully saturated rings. The second-order valence-corrected chi connectivity index (χ2v) is 14.0. The Balaban J connectivity index is 1.25. The van der Waals surface area contributed by atoms with E-state index in [1.807, 2.05) is 24.3 Å². The zero-order valence-electron chi connectivity index (χ0n) is 26.4. The zero-order valence-corrected chi connectivity index (χ0v) is 28.0. The van der Waals surface area contributed by atoms with Crippen molar-refractivity contribution in [3.8, 4) is 0 Å². The number of hydrogen-bond acceptors (Lipinski definition) is 5. The third-order valence-corrected chi connectivity index (χ3v) is 10.3. The first-order valence-electron chi connectivity index (χ1n) is 16.4. The fraction of sp³-hybridized carbons (Fsp3) is 0.514. The van der Waals surface area contributed by atoms with Crippen LogP contribution in [-0.2, 0) is 32.1 Å². The largest absolute Gasteiger partial charge is 0.481 e. The molecular weight excluding hydrogens is 643 g/mol. The number of fused-ring (bicyclic) bond motifs is 1. The Morgan fingerprint density at radius 3 is 2.02 bits per heavy atom. The lowest BCUT2D eigenvalue weighted by Gasteiger charge is -2.40. The maximum absolute atomic E-state index is 13.8. The number of piperidine rings is 1. The molecule has 2 aliphatic heterocycles. The van der Waals surface area contributed by atoms with Crippen molar-refractivity contribution in [3.63, 3.8) is 0 Å². The number of carboxylic acid groups (broad SMARTS) is 1. The number of nitrogens with one attached hydrogen (secondary N) is 2. The molecule has 0 bridgehead atoms. The van der Waals surface area contributed by atoms with Gasteiger partial charge < -0.3 is 25.5 Å². The SMILES string of the molecule is O=C(O)CC[C@H](NC(=O)CCC(NC(=O)c1cc(Cl)cc(Cl)c1)C(=O)N1CCC2(CCCC2)CC1)C(=O)N1CCc2ccccc2C1. The van der Waals surface area contributed by atoms with Gasteiger partial charge >= 0.3 is 5.97 Å². The van der Waals surface area contributed by atoms with E-state index in [0.717, 1.165) is 24.0 Å². The maximum Gasteiger partial charge on any atom is 0.303 e. The average Bonchev–Trinajstić information content (AvgIpc) is 3.51. The fourth-order valence-corrected chi connectivity index (χ4v) is 7.73. The number of aliphatic carboxylic acids is 1. The minimum absolute atomic E-state index is 0.0106. The highest BCUT2D eigenvalue weighted by Crippen LogP contribution is 2.46. The number of benzene rings is 2. The van der Waals surface area contributed by atoms with E-state index in [0.29, 0.717) is 38.0 Å². The molecule has 2 aromatic carbocycles. The number of amides is 4. The molecule has 1 saturated heterocycles. The van der Waals surface area contributed by atoms with Crippen molar-refractivity contribution in [2.45, 2.75) is 89.3 Å². The highest BCUT2D eigenvalue weighted by Gasteiger charge is 2.39. The number of nitrogens with zero attached hydrogens (tertiary/aromatic N) is 2. The number of carboxylic acids is 1. The number of carbonyl (C=O) groups excluding carboxylic acids is 4. The summed E-state index contributed by atoms with van der Waals surface area (Å²) in [6, 6.07) is 10.2. The van der Waals surface area contributed by atoms with Gasteiger partial charge in [0.15, 0.2) is 0 Å². The Morgan fingerprint density at radius 2 is 1.36 bits per heavy atom. The maximum atomic E-state index is 13.8. The van der Waals surface area contributed by atoms with E-state index in [4.69, 9.17) is 23.2 Å². The standard InChI is InChI=1S/C35H42Cl2N4O6/c36-26-19-25(20-27(37)21-26)32(45)39-29(33(46)40-17-14-35(15-18-40)12-3-4-13-35)7-9-30(42)38-28(8-10-31(43)44)34(47)41-16-11-23-5-1-2-6-24(23)22-41/h1-2,5-6,19-21,28-29H,3-4,7-18,22H2,(H,38,42)(H,39,45)(H,43,44)/t28-,29?/m0/s1. The fourth-order valence-electron chi connectivity index (χ4n) is 7.20. The van der Waals surface area contributed by atoms with E-state index >= 15 is 0 Å². The van der Waals surface area contributed by atoms with Crippen molar-refractivity contribution in [1.29, 1.82) is 0 Å². The molecule has 10 nitrogen and oxygen atoms in total. The van der Waals surface area contributed by atoms with E-state index in [2.05, 4.69) is 10.6 Å². The molecule has 4 amide bonds. The molecule has 0 aromatic heterocycles. The van der Waals surface area contributed by atoms with Crippen LogP contribution in [0.1, 0.15) is 85.7 Å². The van der Waals surface area contributed by atoms with Crippen molar-refractivity contribution >= 4 is 52.8 Å². The highest BCUT2D eigenvalue weighted by atomic mass is 35.5. The van der Waals surface area contributed by atoms with Gasteiger partial charge in [0, 0.05) is 54.6 Å². The first-order valence-corrected chi connectivity index (χ1v) is 17.2. The predicted molar refractivity (Wildman–Crippen MR) is 178 cm³/mol. The molecular formula is C35H42Cl2N4O6. The summed E-state index contributed by atoms with van der Waals surface area (Å²) in [4.78, 5) is 68.8. The van der Waals surface area contributed by atoms with Crippen LogP contribution in [0.2, 0.25) is 10.0 Å². The quantitative estimate of drug-likeness (QED) is 0.305. The first-order chi connectivity index (χ1) is 22.5. The molecule has 2 heterocycles. The Hall–Kier alpha value is -3.63. The molecule has 5 rings (SSSR count). The monoisotopic (exact) mass is 684 g/mol. The summed E-state index contributed by atoms with van der Waals surface area (Å²) in [5.74, 6) is -2.74. The summed E-state index contributed by atoms with van der Waals surface area (Å²) in [6.45, 7) is 2.01. The van der Waals surface area contributed by atoms with Crippen LogP contribution in [0.25, 0.3) is 0 Å². The molecule has 252 valence electrons. The molecule has 1 aliphatic carbocycles. The van der Waals surface area contributed by atoms with E-state index in [1.54, 1.807) is 9.80 Å². The molecule has 2 atom stereocenters. The molecule has 1 spiro atoms. The van der Waals surface area contributed by atoms with Gasteiger partial charge in [0.1, 0.15) is 12.1 Å². The normalized spacial score (nSPS) is 18.3. The van der Waals surface area contributed by atoms with Gasteiger partial charge in [0.25, 0.3) is 5.91 Å². The Bertz CT molecular complexity index is 1480. The summed E-state index contributed by atoms with van der Waals surface area (Å²) < 4.78 is 0. The highest BCUT2D eigenvalue weighted by molar-refractivity contribution is 6.35. The Morgan fingerprint density at radius 1 is 0.766 bits per heavy atom. The molecule has 1 saturated carbocycles. The van der Waals surface area contributed by atoms with Crippen LogP contribution < -0.4 is 10.6 Å². The second kappa shape index (κ2) is 15.5. The minimum Gasteiger partial charge on any atom is -0.481 e. The van der Waals surface area contributed by atoms with E-state index in [1.165, 1.54) is 43.9 Å². The summed E-state index contributed by atoms with van der Waals surface area (Å²) in [5, 5.41) is 15.4. The lowest BCUT2D eigenvalue weighted by molar-refractivity contribution is -0.140. The van der Waals surface area contributed by atoms with Crippen molar-refractivity contribution < 1.29 is 29.1 Å². The molecule has 12 heteroatoms. The Labute approximate surface area is 285 Å². The smallest absolute Gasteiger partial charge is 0.303 e. The van der Waals surface area contributed by atoms with Crippen molar-refractivity contribution in [2.75, 3.05) is 19.6 Å². The molecule has 2 aromatic rings. The van der Waals surface area contributed by atoms with E-state index < -0.39 is 29.9 Å². The lowest BCUT2D eigenvalue weighted by Crippen LogP contribution is -2.53. The third kappa shape index (κ3) is 9.05. The second-order valence-electron chi connectivity index (χ2n) is 13.1.